The van der Waals surface area contributed by atoms with Gasteiger partial charge >= 0.3 is 0 Å². The lowest BCUT2D eigenvalue weighted by molar-refractivity contribution is 0.282. The van der Waals surface area contributed by atoms with Crippen molar-refractivity contribution in [1.82, 2.24) is 20.3 Å². The van der Waals surface area contributed by atoms with Gasteiger partial charge in [0.2, 0.25) is 11.9 Å². The zero-order valence-electron chi connectivity index (χ0n) is 9.35. The first kappa shape index (κ1) is 12.6. The Bertz CT molecular complexity index is 312. The molecule has 0 aromatic carbocycles. The van der Waals surface area contributed by atoms with Crippen LogP contribution in [0.5, 0.6) is 0 Å². The number of hydrogen-bond acceptors (Lipinski definition) is 7. The third-order valence-electron chi connectivity index (χ3n) is 2.18. The number of aromatic nitrogens is 3. The van der Waals surface area contributed by atoms with E-state index >= 15 is 0 Å². The summed E-state index contributed by atoms with van der Waals surface area (Å²) < 4.78 is 0. The highest BCUT2D eigenvalue weighted by atomic mass is 16.3. The predicted molar refractivity (Wildman–Crippen MR) is 61.5 cm³/mol. The molecule has 7 heteroatoms. The number of nitrogens with zero attached hydrogens (tertiary/aromatic N) is 3. The second kappa shape index (κ2) is 6.19. The highest BCUT2D eigenvalue weighted by molar-refractivity contribution is 5.25. The zero-order valence-corrected chi connectivity index (χ0v) is 9.35. The summed E-state index contributed by atoms with van der Waals surface area (Å²) in [5.41, 5.74) is 10.9. The molecule has 0 bridgehead atoms. The van der Waals surface area contributed by atoms with Gasteiger partial charge in [-0.15, -0.1) is 0 Å². The summed E-state index contributed by atoms with van der Waals surface area (Å²) in [6.45, 7) is 2.70. The van der Waals surface area contributed by atoms with E-state index < -0.39 is 0 Å². The molecular formula is C9H18N6O. The summed E-state index contributed by atoms with van der Waals surface area (Å²) in [4.78, 5) is 11.7. The Kier molecular flexibility index (Phi) is 4.87. The van der Waals surface area contributed by atoms with Gasteiger partial charge in [-0.25, -0.2) is 0 Å². The molecule has 0 amide bonds. The second-order valence-electron chi connectivity index (χ2n) is 3.46. The first-order valence-electron chi connectivity index (χ1n) is 5.25. The number of aliphatic hydroxyl groups is 1. The third-order valence-corrected chi connectivity index (χ3v) is 2.18. The van der Waals surface area contributed by atoms with Crippen LogP contribution in [0.4, 0.5) is 11.9 Å². The van der Waals surface area contributed by atoms with E-state index in [1.54, 1.807) is 0 Å². The summed E-state index contributed by atoms with van der Waals surface area (Å²) in [7, 11) is 0. The summed E-state index contributed by atoms with van der Waals surface area (Å²) >= 11 is 0. The molecule has 0 fully saturated rings. The number of nitrogens with two attached hydrogens (primary N) is 2. The van der Waals surface area contributed by atoms with E-state index in [1.807, 2.05) is 6.92 Å². The molecule has 1 atom stereocenters. The quantitative estimate of drug-likeness (QED) is 0.487. The van der Waals surface area contributed by atoms with Crippen LogP contribution in [0, 0.1) is 0 Å². The average Bonchev–Trinajstić information content (AvgIpc) is 2.22. The van der Waals surface area contributed by atoms with E-state index in [-0.39, 0.29) is 24.5 Å². The van der Waals surface area contributed by atoms with Gasteiger partial charge in [0.05, 0.1) is 6.61 Å². The molecule has 16 heavy (non-hydrogen) atoms. The van der Waals surface area contributed by atoms with Crippen LogP contribution in [0.1, 0.15) is 19.2 Å². The molecule has 1 aromatic rings. The van der Waals surface area contributed by atoms with E-state index in [9.17, 15) is 0 Å². The molecule has 90 valence electrons. The van der Waals surface area contributed by atoms with Gasteiger partial charge in [-0.05, 0) is 6.42 Å². The molecule has 1 heterocycles. The SMILES string of the molecule is CCC(Cc1nc(N)nc(N)n1)NCCO. The first-order chi connectivity index (χ1) is 7.65. The molecule has 0 aliphatic carbocycles. The zero-order chi connectivity index (χ0) is 12.0. The summed E-state index contributed by atoms with van der Waals surface area (Å²) in [5.74, 6) is 0.848. The maximum atomic E-state index is 8.72. The Hall–Kier alpha value is -1.47. The van der Waals surface area contributed by atoms with Gasteiger partial charge in [0, 0.05) is 19.0 Å². The van der Waals surface area contributed by atoms with Crippen molar-refractivity contribution in [3.05, 3.63) is 5.82 Å². The van der Waals surface area contributed by atoms with Crippen molar-refractivity contribution in [2.75, 3.05) is 24.6 Å². The monoisotopic (exact) mass is 226 g/mol. The maximum Gasteiger partial charge on any atom is 0.225 e. The minimum absolute atomic E-state index is 0.109. The van der Waals surface area contributed by atoms with E-state index in [4.69, 9.17) is 16.6 Å². The van der Waals surface area contributed by atoms with Crippen LogP contribution >= 0.6 is 0 Å². The molecular weight excluding hydrogens is 208 g/mol. The number of anilines is 2. The number of aliphatic hydroxyl groups excluding tert-OH is 1. The van der Waals surface area contributed by atoms with Crippen LogP contribution < -0.4 is 16.8 Å². The van der Waals surface area contributed by atoms with Crippen molar-refractivity contribution in [3.8, 4) is 0 Å². The standard InChI is InChI=1S/C9H18N6O/c1-2-6(12-3-4-16)5-7-13-8(10)15-9(11)14-7/h6,12,16H,2-5H2,1H3,(H4,10,11,13,14,15). The third kappa shape index (κ3) is 3.95. The number of nitrogens with one attached hydrogen (secondary N) is 1. The lowest BCUT2D eigenvalue weighted by atomic mass is 10.1. The Morgan fingerprint density at radius 1 is 1.25 bits per heavy atom. The minimum atomic E-state index is 0.109. The number of rotatable bonds is 6. The molecule has 0 spiro atoms. The van der Waals surface area contributed by atoms with Crippen molar-refractivity contribution < 1.29 is 5.11 Å². The predicted octanol–water partition coefficient (Wildman–Crippen LogP) is -1.06. The number of hydrogen-bond donors (Lipinski definition) is 4. The molecule has 1 unspecified atom stereocenters. The fraction of sp³-hybridized carbons (Fsp3) is 0.667. The van der Waals surface area contributed by atoms with Gasteiger partial charge in [-0.1, -0.05) is 6.92 Å². The summed E-state index contributed by atoms with van der Waals surface area (Å²) in [5, 5.41) is 11.9. The van der Waals surface area contributed by atoms with Gasteiger partial charge in [-0.3, -0.25) is 0 Å². The maximum absolute atomic E-state index is 8.72. The molecule has 1 rings (SSSR count). The highest BCUT2D eigenvalue weighted by Crippen LogP contribution is 2.04. The van der Waals surface area contributed by atoms with Gasteiger partial charge in [0.1, 0.15) is 5.82 Å². The van der Waals surface area contributed by atoms with Crippen LogP contribution in [0.3, 0.4) is 0 Å². The molecule has 1 aromatic heterocycles. The fourth-order valence-electron chi connectivity index (χ4n) is 1.40. The summed E-state index contributed by atoms with van der Waals surface area (Å²) in [6, 6.07) is 0.202. The van der Waals surface area contributed by atoms with Crippen LogP contribution in [0.2, 0.25) is 0 Å². The summed E-state index contributed by atoms with van der Waals surface area (Å²) in [6.07, 6.45) is 1.53. The second-order valence-corrected chi connectivity index (χ2v) is 3.46. The van der Waals surface area contributed by atoms with Crippen molar-refractivity contribution in [2.45, 2.75) is 25.8 Å². The fourth-order valence-corrected chi connectivity index (χ4v) is 1.40. The largest absolute Gasteiger partial charge is 0.395 e. The Labute approximate surface area is 94.3 Å². The highest BCUT2D eigenvalue weighted by Gasteiger charge is 2.10. The van der Waals surface area contributed by atoms with Gasteiger partial charge < -0.3 is 21.9 Å². The van der Waals surface area contributed by atoms with Gasteiger partial charge in [0.15, 0.2) is 0 Å². The van der Waals surface area contributed by atoms with E-state index in [1.165, 1.54) is 0 Å². The minimum Gasteiger partial charge on any atom is -0.395 e. The van der Waals surface area contributed by atoms with E-state index in [0.29, 0.717) is 18.8 Å². The molecule has 0 saturated carbocycles. The van der Waals surface area contributed by atoms with Crippen LogP contribution in [0.25, 0.3) is 0 Å². The average molecular weight is 226 g/mol. The first-order valence-corrected chi connectivity index (χ1v) is 5.25. The van der Waals surface area contributed by atoms with Crippen LogP contribution in [-0.4, -0.2) is 39.3 Å². The van der Waals surface area contributed by atoms with Gasteiger partial charge in [-0.2, -0.15) is 15.0 Å². The van der Waals surface area contributed by atoms with Crippen molar-refractivity contribution in [1.29, 1.82) is 0 Å². The van der Waals surface area contributed by atoms with Crippen molar-refractivity contribution in [2.24, 2.45) is 0 Å². The molecule has 0 aliphatic heterocycles. The molecule has 6 N–H and O–H groups in total. The van der Waals surface area contributed by atoms with Crippen molar-refractivity contribution >= 4 is 11.9 Å². The smallest absolute Gasteiger partial charge is 0.225 e. The van der Waals surface area contributed by atoms with Gasteiger partial charge in [0.25, 0.3) is 0 Å². The molecule has 0 saturated heterocycles. The molecule has 7 nitrogen and oxygen atoms in total. The van der Waals surface area contributed by atoms with E-state index in [2.05, 4.69) is 20.3 Å². The normalized spacial score (nSPS) is 12.6. The number of nitrogen functional groups attached to an aromatic ring is 2. The Morgan fingerprint density at radius 2 is 1.88 bits per heavy atom. The van der Waals surface area contributed by atoms with Crippen molar-refractivity contribution in [3.63, 3.8) is 0 Å². The van der Waals surface area contributed by atoms with Crippen LogP contribution in [0.15, 0.2) is 0 Å². The molecule has 0 aliphatic rings. The van der Waals surface area contributed by atoms with Crippen LogP contribution in [-0.2, 0) is 6.42 Å². The van der Waals surface area contributed by atoms with E-state index in [0.717, 1.165) is 6.42 Å². The lowest BCUT2D eigenvalue weighted by Crippen LogP contribution is -2.33. The lowest BCUT2D eigenvalue weighted by Gasteiger charge is -2.15. The Balaban J connectivity index is 2.62. The molecule has 0 radical (unpaired) electrons. The Morgan fingerprint density at radius 3 is 2.38 bits per heavy atom. The topological polar surface area (TPSA) is 123 Å².